The molecule has 29 heavy (non-hydrogen) atoms. The van der Waals surface area contributed by atoms with Gasteiger partial charge in [0.25, 0.3) is 5.91 Å². The van der Waals surface area contributed by atoms with E-state index in [1.54, 1.807) is 39.4 Å². The Hall–Kier alpha value is -2.17. The Labute approximate surface area is 173 Å². The first-order valence-corrected chi connectivity index (χ1v) is 12.0. The highest BCUT2D eigenvalue weighted by molar-refractivity contribution is 7.91. The summed E-state index contributed by atoms with van der Waals surface area (Å²) < 4.78 is 33.0. The molecule has 2 aromatic heterocycles. The number of carbonyl (C=O) groups is 2. The van der Waals surface area contributed by atoms with E-state index < -0.39 is 16.1 Å². The maximum absolute atomic E-state index is 13.0. The number of furan rings is 1. The zero-order valence-electron chi connectivity index (χ0n) is 15.8. The number of sulfonamides is 1. The maximum Gasteiger partial charge on any atom is 0.290 e. The minimum Gasteiger partial charge on any atom is -0.459 e. The van der Waals surface area contributed by atoms with Crippen molar-refractivity contribution < 1.29 is 22.4 Å². The quantitative estimate of drug-likeness (QED) is 0.770. The number of carbonyl (C=O) groups excluding carboxylic acids is 2. The molecule has 8 nitrogen and oxygen atoms in total. The number of thiophene rings is 1. The molecule has 0 saturated carbocycles. The molecule has 1 N–H and O–H groups in total. The molecule has 0 aromatic carbocycles. The number of nitrogens with one attached hydrogen (secondary N) is 1. The van der Waals surface area contributed by atoms with E-state index in [2.05, 4.69) is 4.72 Å². The monoisotopic (exact) mass is 437 g/mol. The van der Waals surface area contributed by atoms with Crippen LogP contribution in [0.25, 0.3) is 0 Å². The van der Waals surface area contributed by atoms with Crippen LogP contribution in [0.4, 0.5) is 0 Å². The lowest BCUT2D eigenvalue weighted by atomic mass is 10.0. The summed E-state index contributed by atoms with van der Waals surface area (Å²) in [6, 6.07) is 5.87. The average Bonchev–Trinajstić information content (AvgIpc) is 3.50. The summed E-state index contributed by atoms with van der Waals surface area (Å²) in [5, 5.41) is 1.73. The molecule has 10 heteroatoms. The van der Waals surface area contributed by atoms with Gasteiger partial charge >= 0.3 is 0 Å². The van der Waals surface area contributed by atoms with Crippen LogP contribution in [0.5, 0.6) is 0 Å². The van der Waals surface area contributed by atoms with Crippen molar-refractivity contribution in [1.29, 1.82) is 0 Å². The zero-order valence-corrected chi connectivity index (χ0v) is 17.5. The van der Waals surface area contributed by atoms with Gasteiger partial charge in [-0.05, 0) is 49.3 Å². The van der Waals surface area contributed by atoms with Crippen LogP contribution in [0.15, 0.2) is 44.5 Å². The molecule has 0 aliphatic carbocycles. The van der Waals surface area contributed by atoms with E-state index in [-0.39, 0.29) is 23.6 Å². The smallest absolute Gasteiger partial charge is 0.290 e. The van der Waals surface area contributed by atoms with Crippen molar-refractivity contribution in [2.45, 2.75) is 42.0 Å². The lowest BCUT2D eigenvalue weighted by Crippen LogP contribution is -2.52. The Bertz CT molecular complexity index is 948. The van der Waals surface area contributed by atoms with E-state index in [9.17, 15) is 18.0 Å². The normalized spacial score (nSPS) is 20.9. The number of likely N-dealkylation sites (tertiary alicyclic amines) is 2. The van der Waals surface area contributed by atoms with Crippen LogP contribution in [0.2, 0.25) is 0 Å². The van der Waals surface area contributed by atoms with Crippen molar-refractivity contribution in [3.8, 4) is 0 Å². The number of amides is 2. The number of hydrogen-bond acceptors (Lipinski definition) is 6. The molecule has 2 amide bonds. The lowest BCUT2D eigenvalue weighted by Gasteiger charge is -2.35. The van der Waals surface area contributed by atoms with Crippen LogP contribution in [0, 0.1) is 0 Å². The average molecular weight is 438 g/mol. The van der Waals surface area contributed by atoms with Crippen molar-refractivity contribution >= 4 is 33.2 Å². The van der Waals surface area contributed by atoms with Gasteiger partial charge in [-0.1, -0.05) is 6.07 Å². The van der Waals surface area contributed by atoms with E-state index in [1.165, 1.54) is 17.6 Å². The van der Waals surface area contributed by atoms with Crippen LogP contribution < -0.4 is 4.72 Å². The SMILES string of the molecule is O=C([C@@H]1CCCN1C(=O)c1ccco1)N1CCC(NS(=O)(=O)c2cccs2)CC1. The van der Waals surface area contributed by atoms with E-state index in [1.807, 2.05) is 0 Å². The molecule has 2 aromatic rings. The zero-order chi connectivity index (χ0) is 20.4. The van der Waals surface area contributed by atoms with Gasteiger partial charge in [-0.15, -0.1) is 11.3 Å². The number of rotatable bonds is 5. The maximum atomic E-state index is 13.0. The summed E-state index contributed by atoms with van der Waals surface area (Å²) in [6.07, 6.45) is 3.96. The largest absolute Gasteiger partial charge is 0.459 e. The van der Waals surface area contributed by atoms with Gasteiger partial charge in [0.1, 0.15) is 10.3 Å². The Kier molecular flexibility index (Phi) is 5.75. The first kappa shape index (κ1) is 20.1. The molecule has 156 valence electrons. The first-order valence-electron chi connectivity index (χ1n) is 9.65. The Morgan fingerprint density at radius 1 is 1.10 bits per heavy atom. The van der Waals surface area contributed by atoms with Gasteiger partial charge in [0.2, 0.25) is 15.9 Å². The Balaban J connectivity index is 1.34. The van der Waals surface area contributed by atoms with Crippen LogP contribution in [0.3, 0.4) is 0 Å². The van der Waals surface area contributed by atoms with E-state index in [0.29, 0.717) is 43.1 Å². The summed E-state index contributed by atoms with van der Waals surface area (Å²) in [5.74, 6) is -0.0854. The van der Waals surface area contributed by atoms with Crippen molar-refractivity contribution in [3.05, 3.63) is 41.7 Å². The first-order chi connectivity index (χ1) is 14.0. The van der Waals surface area contributed by atoms with Crippen LogP contribution in [0.1, 0.15) is 36.2 Å². The Morgan fingerprint density at radius 2 is 1.90 bits per heavy atom. The van der Waals surface area contributed by atoms with Gasteiger partial charge in [0.15, 0.2) is 5.76 Å². The van der Waals surface area contributed by atoms with Crippen molar-refractivity contribution in [3.63, 3.8) is 0 Å². The molecular formula is C19H23N3O5S2. The second kappa shape index (κ2) is 8.29. The highest BCUT2D eigenvalue weighted by Gasteiger charge is 2.39. The standard InChI is InChI=1S/C19H23N3O5S2/c23-18(15-4-1-9-22(15)19(24)16-5-2-12-27-16)21-10-7-14(8-11-21)20-29(25,26)17-6-3-13-28-17/h2-3,5-6,12-15,20H,1,4,7-11H2/t15-/m0/s1. The molecule has 0 radical (unpaired) electrons. The highest BCUT2D eigenvalue weighted by Crippen LogP contribution is 2.24. The van der Waals surface area contributed by atoms with Crippen molar-refractivity contribution in [2.75, 3.05) is 19.6 Å². The number of piperidine rings is 1. The molecule has 4 rings (SSSR count). The summed E-state index contributed by atoms with van der Waals surface area (Å²) in [7, 11) is -3.51. The third-order valence-electron chi connectivity index (χ3n) is 5.42. The fourth-order valence-electron chi connectivity index (χ4n) is 3.93. The number of nitrogens with zero attached hydrogens (tertiary/aromatic N) is 2. The van der Waals surface area contributed by atoms with Gasteiger partial charge in [0.05, 0.1) is 6.26 Å². The van der Waals surface area contributed by atoms with Gasteiger partial charge in [-0.3, -0.25) is 9.59 Å². The lowest BCUT2D eigenvalue weighted by molar-refractivity contribution is -0.136. The third-order valence-corrected chi connectivity index (χ3v) is 8.34. The van der Waals surface area contributed by atoms with Gasteiger partial charge in [-0.25, -0.2) is 13.1 Å². The molecule has 4 heterocycles. The van der Waals surface area contributed by atoms with E-state index >= 15 is 0 Å². The second-order valence-corrected chi connectivity index (χ2v) is 10.2. The predicted molar refractivity (Wildman–Crippen MR) is 107 cm³/mol. The summed E-state index contributed by atoms with van der Waals surface area (Å²) in [6.45, 7) is 1.47. The predicted octanol–water partition coefficient (Wildman–Crippen LogP) is 1.92. The van der Waals surface area contributed by atoms with Gasteiger partial charge < -0.3 is 14.2 Å². The van der Waals surface area contributed by atoms with Gasteiger partial charge in [-0.2, -0.15) is 0 Å². The third kappa shape index (κ3) is 4.24. The molecule has 2 aliphatic rings. The number of hydrogen-bond donors (Lipinski definition) is 1. The molecule has 2 saturated heterocycles. The molecule has 2 fully saturated rings. The van der Waals surface area contributed by atoms with Crippen LogP contribution >= 0.6 is 11.3 Å². The molecule has 0 bridgehead atoms. The highest BCUT2D eigenvalue weighted by atomic mass is 32.2. The van der Waals surface area contributed by atoms with Crippen molar-refractivity contribution in [1.82, 2.24) is 14.5 Å². The minimum atomic E-state index is -3.51. The molecule has 0 unspecified atom stereocenters. The topological polar surface area (TPSA) is 99.9 Å². The summed E-state index contributed by atoms with van der Waals surface area (Å²) in [4.78, 5) is 29.0. The van der Waals surface area contributed by atoms with Gasteiger partial charge in [0, 0.05) is 25.7 Å². The summed E-state index contributed by atoms with van der Waals surface area (Å²) >= 11 is 1.18. The Morgan fingerprint density at radius 3 is 2.55 bits per heavy atom. The fourth-order valence-corrected chi connectivity index (χ4v) is 6.25. The van der Waals surface area contributed by atoms with E-state index in [4.69, 9.17) is 4.42 Å². The fraction of sp³-hybridized carbons (Fsp3) is 0.474. The minimum absolute atomic E-state index is 0.0676. The van der Waals surface area contributed by atoms with E-state index in [0.717, 1.165) is 6.42 Å². The van der Waals surface area contributed by atoms with Crippen LogP contribution in [-0.2, 0) is 14.8 Å². The van der Waals surface area contributed by atoms with Crippen molar-refractivity contribution in [2.24, 2.45) is 0 Å². The van der Waals surface area contributed by atoms with Crippen LogP contribution in [-0.4, -0.2) is 61.7 Å². The second-order valence-electron chi connectivity index (χ2n) is 7.29. The molecule has 2 aliphatic heterocycles. The summed E-state index contributed by atoms with van der Waals surface area (Å²) in [5.41, 5.74) is 0. The molecule has 1 atom stereocenters. The molecular weight excluding hydrogens is 414 g/mol. The molecule has 0 spiro atoms.